The van der Waals surface area contributed by atoms with Crippen LogP contribution in [-0.4, -0.2) is 25.2 Å². The zero-order chi connectivity index (χ0) is 9.68. The van der Waals surface area contributed by atoms with E-state index in [4.69, 9.17) is 9.47 Å². The zero-order valence-electron chi connectivity index (χ0n) is 7.75. The minimum atomic E-state index is -0.484. The van der Waals surface area contributed by atoms with E-state index in [-0.39, 0.29) is 6.42 Å². The van der Waals surface area contributed by atoms with Crippen LogP contribution in [0, 0.1) is 5.92 Å². The van der Waals surface area contributed by atoms with Gasteiger partial charge in [0, 0.05) is 0 Å². The maximum absolute atomic E-state index is 10.9. The molecule has 0 saturated carbocycles. The Morgan fingerprint density at radius 3 is 2.69 bits per heavy atom. The molecule has 1 aliphatic rings. The van der Waals surface area contributed by atoms with Gasteiger partial charge in [-0.15, -0.1) is 0 Å². The normalized spacial score (nSPS) is 25.2. The van der Waals surface area contributed by atoms with E-state index in [1.54, 1.807) is 0 Å². The van der Waals surface area contributed by atoms with Crippen molar-refractivity contribution in [3.8, 4) is 0 Å². The van der Waals surface area contributed by atoms with Gasteiger partial charge < -0.3 is 9.47 Å². The molecule has 1 heterocycles. The highest BCUT2D eigenvalue weighted by atomic mass is 16.6. The molecular formula is C9H14O4. The quantitative estimate of drug-likeness (QED) is 0.451. The maximum atomic E-state index is 10.9. The highest BCUT2D eigenvalue weighted by Crippen LogP contribution is 2.11. The lowest BCUT2D eigenvalue weighted by Gasteiger charge is -2.11. The summed E-state index contributed by atoms with van der Waals surface area (Å²) in [4.78, 5) is 21.8. The van der Waals surface area contributed by atoms with Gasteiger partial charge in [0.05, 0.1) is 13.2 Å². The molecule has 13 heavy (non-hydrogen) atoms. The molecule has 1 unspecified atom stereocenters. The van der Waals surface area contributed by atoms with Crippen molar-refractivity contribution in [3.63, 3.8) is 0 Å². The van der Waals surface area contributed by atoms with Crippen molar-refractivity contribution in [2.75, 3.05) is 13.2 Å². The summed E-state index contributed by atoms with van der Waals surface area (Å²) in [7, 11) is 0. The molecular weight excluding hydrogens is 172 g/mol. The molecule has 0 aromatic heterocycles. The fourth-order valence-corrected chi connectivity index (χ4v) is 1.18. The number of rotatable bonds is 1. The highest BCUT2D eigenvalue weighted by molar-refractivity contribution is 5.91. The Hall–Kier alpha value is -1.06. The first-order valence-electron chi connectivity index (χ1n) is 4.53. The monoisotopic (exact) mass is 186 g/mol. The molecule has 4 heteroatoms. The Balaban J connectivity index is 2.47. The van der Waals surface area contributed by atoms with Crippen LogP contribution in [-0.2, 0) is 19.1 Å². The van der Waals surface area contributed by atoms with E-state index in [0.29, 0.717) is 19.1 Å². The van der Waals surface area contributed by atoms with Crippen molar-refractivity contribution >= 4 is 11.9 Å². The van der Waals surface area contributed by atoms with Crippen molar-refractivity contribution in [2.45, 2.75) is 26.2 Å². The van der Waals surface area contributed by atoms with Crippen molar-refractivity contribution in [1.82, 2.24) is 0 Å². The highest BCUT2D eigenvalue weighted by Gasteiger charge is 2.17. The number of hydrogen-bond acceptors (Lipinski definition) is 4. The first kappa shape index (κ1) is 10.0. The van der Waals surface area contributed by atoms with Crippen LogP contribution in [0.3, 0.4) is 0 Å². The van der Waals surface area contributed by atoms with Gasteiger partial charge in [0.25, 0.3) is 0 Å². The summed E-state index contributed by atoms with van der Waals surface area (Å²) in [5, 5.41) is 0. The molecule has 0 aliphatic carbocycles. The molecule has 0 N–H and O–H groups in total. The molecule has 1 rings (SSSR count). The third-order valence-electron chi connectivity index (χ3n) is 2.14. The second-order valence-electron chi connectivity index (χ2n) is 3.14. The SMILES string of the molecule is CCC1CCOC(=O)CC(=O)OC1. The smallest absolute Gasteiger partial charge is 0.317 e. The van der Waals surface area contributed by atoms with Gasteiger partial charge in [-0.25, -0.2) is 0 Å². The third kappa shape index (κ3) is 3.44. The lowest BCUT2D eigenvalue weighted by molar-refractivity contribution is -0.153. The molecule has 0 radical (unpaired) electrons. The number of carbonyl (C=O) groups is 2. The minimum absolute atomic E-state index is 0.254. The van der Waals surface area contributed by atoms with Crippen LogP contribution < -0.4 is 0 Å². The minimum Gasteiger partial charge on any atom is -0.465 e. The van der Waals surface area contributed by atoms with Gasteiger partial charge in [0.1, 0.15) is 6.42 Å². The average Bonchev–Trinajstić information content (AvgIpc) is 2.16. The Kier molecular flexibility index (Phi) is 3.73. The fraction of sp³-hybridized carbons (Fsp3) is 0.778. The van der Waals surface area contributed by atoms with Gasteiger partial charge in [-0.1, -0.05) is 6.92 Å². The Bertz CT molecular complexity index is 200. The summed E-state index contributed by atoms with van der Waals surface area (Å²) in [5.41, 5.74) is 0. The number of hydrogen-bond donors (Lipinski definition) is 0. The predicted octanol–water partition coefficient (Wildman–Crippen LogP) is 0.893. The number of ether oxygens (including phenoxy) is 2. The Morgan fingerprint density at radius 2 is 2.00 bits per heavy atom. The van der Waals surface area contributed by atoms with Crippen molar-refractivity contribution < 1.29 is 19.1 Å². The van der Waals surface area contributed by atoms with Crippen LogP contribution in [0.4, 0.5) is 0 Å². The number of cyclic esters (lactones) is 2. The largest absolute Gasteiger partial charge is 0.465 e. The lowest BCUT2D eigenvalue weighted by atomic mass is 10.0. The van der Waals surface area contributed by atoms with Gasteiger partial charge in [-0.05, 0) is 18.8 Å². The van der Waals surface area contributed by atoms with Gasteiger partial charge in [-0.3, -0.25) is 9.59 Å². The second kappa shape index (κ2) is 4.84. The molecule has 74 valence electrons. The predicted molar refractivity (Wildman–Crippen MR) is 44.9 cm³/mol. The van der Waals surface area contributed by atoms with E-state index in [1.807, 2.05) is 6.92 Å². The lowest BCUT2D eigenvalue weighted by Crippen LogP contribution is -2.13. The summed E-state index contributed by atoms with van der Waals surface area (Å²) in [6.07, 6.45) is 1.46. The average molecular weight is 186 g/mol. The van der Waals surface area contributed by atoms with E-state index in [1.165, 1.54) is 0 Å². The van der Waals surface area contributed by atoms with Crippen molar-refractivity contribution in [1.29, 1.82) is 0 Å². The number of esters is 2. The second-order valence-corrected chi connectivity index (χ2v) is 3.14. The van der Waals surface area contributed by atoms with Crippen LogP contribution in [0.25, 0.3) is 0 Å². The van der Waals surface area contributed by atoms with E-state index in [0.717, 1.165) is 12.8 Å². The van der Waals surface area contributed by atoms with Gasteiger partial charge >= 0.3 is 11.9 Å². The molecule has 0 amide bonds. The number of carbonyl (C=O) groups excluding carboxylic acids is 2. The Morgan fingerprint density at radius 1 is 1.31 bits per heavy atom. The van der Waals surface area contributed by atoms with Gasteiger partial charge in [0.15, 0.2) is 0 Å². The topological polar surface area (TPSA) is 52.6 Å². The first-order valence-corrected chi connectivity index (χ1v) is 4.53. The summed E-state index contributed by atoms with van der Waals surface area (Å²) in [5.74, 6) is -0.651. The summed E-state index contributed by atoms with van der Waals surface area (Å²) >= 11 is 0. The van der Waals surface area contributed by atoms with E-state index in [9.17, 15) is 9.59 Å². The fourth-order valence-electron chi connectivity index (χ4n) is 1.18. The molecule has 0 spiro atoms. The summed E-state index contributed by atoms with van der Waals surface area (Å²) in [6, 6.07) is 0. The van der Waals surface area contributed by atoms with Gasteiger partial charge in [0.2, 0.25) is 0 Å². The summed E-state index contributed by atoms with van der Waals surface area (Å²) < 4.78 is 9.72. The summed E-state index contributed by atoms with van der Waals surface area (Å²) in [6.45, 7) is 2.83. The molecule has 1 aliphatic heterocycles. The zero-order valence-corrected chi connectivity index (χ0v) is 7.75. The van der Waals surface area contributed by atoms with Crippen LogP contribution >= 0.6 is 0 Å². The molecule has 1 atom stereocenters. The third-order valence-corrected chi connectivity index (χ3v) is 2.14. The van der Waals surface area contributed by atoms with Gasteiger partial charge in [-0.2, -0.15) is 0 Å². The standard InChI is InChI=1S/C9H14O4/c1-2-7-3-4-12-8(10)5-9(11)13-6-7/h7H,2-6H2,1H3. The van der Waals surface area contributed by atoms with Crippen molar-refractivity contribution in [3.05, 3.63) is 0 Å². The molecule has 0 bridgehead atoms. The van der Waals surface area contributed by atoms with E-state index < -0.39 is 11.9 Å². The van der Waals surface area contributed by atoms with Crippen molar-refractivity contribution in [2.24, 2.45) is 5.92 Å². The molecule has 4 nitrogen and oxygen atoms in total. The van der Waals surface area contributed by atoms with Crippen LogP contribution in [0.1, 0.15) is 26.2 Å². The molecule has 1 saturated heterocycles. The van der Waals surface area contributed by atoms with E-state index >= 15 is 0 Å². The Labute approximate surface area is 77.2 Å². The van der Waals surface area contributed by atoms with Crippen LogP contribution in [0.2, 0.25) is 0 Å². The molecule has 0 aromatic rings. The first-order chi connectivity index (χ1) is 6.22. The van der Waals surface area contributed by atoms with E-state index in [2.05, 4.69) is 0 Å². The molecule has 0 aromatic carbocycles. The maximum Gasteiger partial charge on any atom is 0.317 e. The molecule has 1 fully saturated rings. The van der Waals surface area contributed by atoms with Crippen LogP contribution in [0.15, 0.2) is 0 Å². The van der Waals surface area contributed by atoms with Crippen LogP contribution in [0.5, 0.6) is 0 Å².